The Morgan fingerprint density at radius 1 is 1.57 bits per heavy atom. The Hall–Kier alpha value is -1.13. The molecule has 0 fully saturated rings. The summed E-state index contributed by atoms with van der Waals surface area (Å²) in [5.41, 5.74) is 7.16. The Kier molecular flexibility index (Phi) is 2.65. The number of hydrogen-bond donors (Lipinski definition) is 1. The second-order valence-corrected chi connectivity index (χ2v) is 4.30. The molecule has 1 unspecified atom stereocenters. The molecule has 0 aromatic carbocycles. The number of thiophene rings is 1. The molecule has 0 saturated heterocycles. The summed E-state index contributed by atoms with van der Waals surface area (Å²) in [5, 5.41) is 6.18. The van der Waals surface area contributed by atoms with Crippen LogP contribution in [0.2, 0.25) is 0 Å². The Bertz CT molecular complexity index is 391. The Morgan fingerprint density at radius 3 is 3.00 bits per heavy atom. The number of rotatable bonds is 3. The average molecular weight is 207 g/mol. The van der Waals surface area contributed by atoms with E-state index in [1.54, 1.807) is 17.5 Å². The van der Waals surface area contributed by atoms with Crippen LogP contribution in [-0.2, 0) is 13.5 Å². The Labute approximate surface area is 87.2 Å². The molecule has 2 rings (SSSR count). The largest absolute Gasteiger partial charge is 0.322 e. The van der Waals surface area contributed by atoms with Crippen LogP contribution in [0.5, 0.6) is 0 Å². The van der Waals surface area contributed by atoms with Gasteiger partial charge in [-0.25, -0.2) is 0 Å². The zero-order valence-corrected chi connectivity index (χ0v) is 8.87. The normalized spacial score (nSPS) is 13.0. The second-order valence-electron chi connectivity index (χ2n) is 3.27. The van der Waals surface area contributed by atoms with E-state index < -0.39 is 0 Å². The van der Waals surface area contributed by atoms with E-state index in [1.165, 1.54) is 4.88 Å². The summed E-state index contributed by atoms with van der Waals surface area (Å²) in [6.07, 6.45) is 2.67. The number of nitrogens with zero attached hydrogens (tertiary/aromatic N) is 2. The summed E-state index contributed by atoms with van der Waals surface area (Å²) in [6.45, 7) is 0. The quantitative estimate of drug-likeness (QED) is 0.833. The predicted molar refractivity (Wildman–Crippen MR) is 58.2 cm³/mol. The van der Waals surface area contributed by atoms with Crippen LogP contribution in [0, 0.1) is 0 Å². The highest BCUT2D eigenvalue weighted by atomic mass is 32.1. The van der Waals surface area contributed by atoms with Crippen molar-refractivity contribution in [2.45, 2.75) is 12.5 Å². The van der Waals surface area contributed by atoms with Crippen LogP contribution in [0.15, 0.2) is 29.8 Å². The summed E-state index contributed by atoms with van der Waals surface area (Å²) in [7, 11) is 1.92. The highest BCUT2D eigenvalue weighted by Gasteiger charge is 2.10. The van der Waals surface area contributed by atoms with Crippen molar-refractivity contribution in [2.75, 3.05) is 0 Å². The van der Waals surface area contributed by atoms with Gasteiger partial charge in [0.1, 0.15) is 0 Å². The van der Waals surface area contributed by atoms with Gasteiger partial charge >= 0.3 is 0 Å². The topological polar surface area (TPSA) is 43.8 Å². The molecule has 0 radical (unpaired) electrons. The van der Waals surface area contributed by atoms with E-state index in [0.29, 0.717) is 0 Å². The molecule has 0 spiro atoms. The first-order valence-corrected chi connectivity index (χ1v) is 5.41. The van der Waals surface area contributed by atoms with Gasteiger partial charge in [0.05, 0.1) is 11.7 Å². The van der Waals surface area contributed by atoms with Gasteiger partial charge in [0, 0.05) is 24.5 Å². The van der Waals surface area contributed by atoms with Crippen molar-refractivity contribution in [3.8, 4) is 0 Å². The minimum Gasteiger partial charge on any atom is -0.322 e. The maximum absolute atomic E-state index is 6.08. The van der Waals surface area contributed by atoms with Crippen LogP contribution in [0.25, 0.3) is 0 Å². The van der Waals surface area contributed by atoms with Gasteiger partial charge in [0.15, 0.2) is 0 Å². The van der Waals surface area contributed by atoms with Crippen molar-refractivity contribution in [1.82, 2.24) is 9.78 Å². The molecule has 0 saturated carbocycles. The highest BCUT2D eigenvalue weighted by molar-refractivity contribution is 7.09. The molecule has 0 amide bonds. The molecule has 2 N–H and O–H groups in total. The van der Waals surface area contributed by atoms with E-state index >= 15 is 0 Å². The zero-order chi connectivity index (χ0) is 9.97. The maximum atomic E-state index is 6.08. The fraction of sp³-hybridized carbons (Fsp3) is 0.300. The number of hydrogen-bond acceptors (Lipinski definition) is 3. The lowest BCUT2D eigenvalue weighted by Crippen LogP contribution is -2.16. The molecule has 14 heavy (non-hydrogen) atoms. The highest BCUT2D eigenvalue weighted by Crippen LogP contribution is 2.18. The molecule has 3 nitrogen and oxygen atoms in total. The molecule has 2 aromatic rings. The van der Waals surface area contributed by atoms with Gasteiger partial charge < -0.3 is 5.73 Å². The van der Waals surface area contributed by atoms with Crippen LogP contribution < -0.4 is 5.73 Å². The van der Waals surface area contributed by atoms with E-state index in [0.717, 1.165) is 12.1 Å². The van der Waals surface area contributed by atoms with E-state index in [4.69, 9.17) is 5.73 Å². The third-order valence-electron chi connectivity index (χ3n) is 2.24. The average Bonchev–Trinajstić information content (AvgIpc) is 2.75. The van der Waals surface area contributed by atoms with Crippen molar-refractivity contribution < 1.29 is 0 Å². The molecule has 2 aromatic heterocycles. The van der Waals surface area contributed by atoms with Crippen LogP contribution in [0.4, 0.5) is 0 Å². The summed E-state index contributed by atoms with van der Waals surface area (Å²) in [5.74, 6) is 0. The van der Waals surface area contributed by atoms with Crippen molar-refractivity contribution in [3.63, 3.8) is 0 Å². The fourth-order valence-electron chi connectivity index (χ4n) is 1.50. The molecule has 4 heteroatoms. The fourth-order valence-corrected chi connectivity index (χ4v) is 2.26. The van der Waals surface area contributed by atoms with Crippen molar-refractivity contribution in [2.24, 2.45) is 12.8 Å². The van der Waals surface area contributed by atoms with Gasteiger partial charge in [0.2, 0.25) is 0 Å². The van der Waals surface area contributed by atoms with Crippen LogP contribution in [0.1, 0.15) is 16.6 Å². The molecule has 0 aliphatic carbocycles. The summed E-state index contributed by atoms with van der Waals surface area (Å²) >= 11 is 1.74. The van der Waals surface area contributed by atoms with Crippen molar-refractivity contribution in [1.29, 1.82) is 0 Å². The SMILES string of the molecule is Cn1nccc1C(N)Cc1cccs1. The predicted octanol–water partition coefficient (Wildman–Crippen LogP) is 1.72. The standard InChI is InChI=1S/C10H13N3S/c1-13-10(4-5-12-13)9(11)7-8-3-2-6-14-8/h2-6,9H,7,11H2,1H3. The lowest BCUT2D eigenvalue weighted by atomic mass is 10.1. The monoisotopic (exact) mass is 207 g/mol. The van der Waals surface area contributed by atoms with Gasteiger partial charge in [-0.3, -0.25) is 4.68 Å². The lowest BCUT2D eigenvalue weighted by Gasteiger charge is -2.10. The first kappa shape index (κ1) is 9.43. The van der Waals surface area contributed by atoms with E-state index in [2.05, 4.69) is 22.6 Å². The smallest absolute Gasteiger partial charge is 0.0551 e. The van der Waals surface area contributed by atoms with E-state index in [-0.39, 0.29) is 6.04 Å². The van der Waals surface area contributed by atoms with Gasteiger partial charge in [-0.05, 0) is 17.5 Å². The third-order valence-corrected chi connectivity index (χ3v) is 3.14. The molecule has 0 bridgehead atoms. The number of aromatic nitrogens is 2. The van der Waals surface area contributed by atoms with Crippen molar-refractivity contribution in [3.05, 3.63) is 40.3 Å². The van der Waals surface area contributed by atoms with Crippen LogP contribution >= 0.6 is 11.3 Å². The zero-order valence-electron chi connectivity index (χ0n) is 8.05. The minimum absolute atomic E-state index is 0.0427. The van der Waals surface area contributed by atoms with Gasteiger partial charge in [0.25, 0.3) is 0 Å². The van der Waals surface area contributed by atoms with Gasteiger partial charge in [-0.2, -0.15) is 5.10 Å². The summed E-state index contributed by atoms with van der Waals surface area (Å²) < 4.78 is 1.83. The lowest BCUT2D eigenvalue weighted by molar-refractivity contribution is 0.620. The third kappa shape index (κ3) is 1.86. The summed E-state index contributed by atoms with van der Waals surface area (Å²) in [6, 6.07) is 6.18. The summed E-state index contributed by atoms with van der Waals surface area (Å²) in [4.78, 5) is 1.32. The molecule has 74 valence electrons. The Balaban J connectivity index is 2.10. The minimum atomic E-state index is 0.0427. The van der Waals surface area contributed by atoms with E-state index in [1.807, 2.05) is 17.8 Å². The molecule has 1 atom stereocenters. The molecule has 2 heterocycles. The van der Waals surface area contributed by atoms with Crippen molar-refractivity contribution >= 4 is 11.3 Å². The van der Waals surface area contributed by atoms with Gasteiger partial charge in [-0.15, -0.1) is 11.3 Å². The number of nitrogens with two attached hydrogens (primary N) is 1. The first-order valence-electron chi connectivity index (χ1n) is 4.53. The van der Waals surface area contributed by atoms with Gasteiger partial charge in [-0.1, -0.05) is 6.07 Å². The first-order chi connectivity index (χ1) is 6.77. The van der Waals surface area contributed by atoms with E-state index in [9.17, 15) is 0 Å². The Morgan fingerprint density at radius 2 is 2.43 bits per heavy atom. The molecular weight excluding hydrogens is 194 g/mol. The molecular formula is C10H13N3S. The second kappa shape index (κ2) is 3.94. The van der Waals surface area contributed by atoms with Crippen LogP contribution in [0.3, 0.4) is 0 Å². The molecule has 0 aliphatic rings. The number of aryl methyl sites for hydroxylation is 1. The maximum Gasteiger partial charge on any atom is 0.0551 e. The molecule has 0 aliphatic heterocycles. The van der Waals surface area contributed by atoms with Crippen LogP contribution in [-0.4, -0.2) is 9.78 Å².